The number of phenols is 1. The van der Waals surface area contributed by atoms with Gasteiger partial charge in [0.15, 0.2) is 0 Å². The average molecular weight is 261 g/mol. The van der Waals surface area contributed by atoms with Gasteiger partial charge in [0.2, 0.25) is 0 Å². The van der Waals surface area contributed by atoms with E-state index in [0.29, 0.717) is 5.75 Å². The predicted octanol–water partition coefficient (Wildman–Crippen LogP) is 4.17. The van der Waals surface area contributed by atoms with Gasteiger partial charge in [-0.05, 0) is 35.8 Å². The van der Waals surface area contributed by atoms with Gasteiger partial charge in [-0.25, -0.2) is 0 Å². The van der Waals surface area contributed by atoms with Gasteiger partial charge in [-0.3, -0.25) is 0 Å². The maximum absolute atomic E-state index is 10.0. The Labute approximate surface area is 117 Å². The van der Waals surface area contributed by atoms with Crippen LogP contribution < -0.4 is 5.73 Å². The van der Waals surface area contributed by atoms with E-state index in [4.69, 9.17) is 5.73 Å². The third-order valence-corrected chi connectivity index (χ3v) is 4.04. The molecule has 0 spiro atoms. The zero-order valence-corrected chi connectivity index (χ0v) is 12.4. The molecule has 0 bridgehead atoms. The average Bonchev–Trinajstić information content (AvgIpc) is 2.24. The fraction of sp³-hybridized carbons (Fsp3) is 0.647. The summed E-state index contributed by atoms with van der Waals surface area (Å²) in [6, 6.07) is 5.89. The molecule has 2 nitrogen and oxygen atoms in total. The molecule has 1 aliphatic rings. The Morgan fingerprint density at radius 1 is 1.32 bits per heavy atom. The molecule has 0 radical (unpaired) electrons. The third-order valence-electron chi connectivity index (χ3n) is 4.04. The summed E-state index contributed by atoms with van der Waals surface area (Å²) in [4.78, 5) is 0. The SMILES string of the molecule is CC(C)(C)Cc1ccc(O)c(C(N)CC2CCC2)c1. The van der Waals surface area contributed by atoms with Crippen LogP contribution in [0.1, 0.15) is 63.6 Å². The van der Waals surface area contributed by atoms with Crippen LogP contribution >= 0.6 is 0 Å². The molecule has 1 fully saturated rings. The molecule has 1 aliphatic carbocycles. The summed E-state index contributed by atoms with van der Waals surface area (Å²) in [5.74, 6) is 1.12. The first-order valence-corrected chi connectivity index (χ1v) is 7.42. The normalized spacial score (nSPS) is 18.1. The molecule has 1 unspecified atom stereocenters. The lowest BCUT2D eigenvalue weighted by Crippen LogP contribution is -2.20. The van der Waals surface area contributed by atoms with Gasteiger partial charge < -0.3 is 10.8 Å². The molecule has 0 amide bonds. The van der Waals surface area contributed by atoms with Crippen LogP contribution in [0.15, 0.2) is 18.2 Å². The maximum atomic E-state index is 10.0. The summed E-state index contributed by atoms with van der Waals surface area (Å²) >= 11 is 0. The van der Waals surface area contributed by atoms with Crippen molar-refractivity contribution in [3.63, 3.8) is 0 Å². The highest BCUT2D eigenvalue weighted by Gasteiger charge is 2.23. The van der Waals surface area contributed by atoms with Crippen LogP contribution in [0.25, 0.3) is 0 Å². The van der Waals surface area contributed by atoms with Gasteiger partial charge in [0.1, 0.15) is 5.75 Å². The minimum absolute atomic E-state index is 0.0229. The molecule has 0 aromatic heterocycles. The third kappa shape index (κ3) is 3.97. The van der Waals surface area contributed by atoms with Crippen molar-refractivity contribution in [3.05, 3.63) is 29.3 Å². The van der Waals surface area contributed by atoms with Crippen molar-refractivity contribution in [2.45, 2.75) is 58.9 Å². The molecule has 1 aromatic carbocycles. The maximum Gasteiger partial charge on any atom is 0.120 e. The van der Waals surface area contributed by atoms with Crippen molar-refractivity contribution in [2.24, 2.45) is 17.1 Å². The number of phenolic OH excluding ortho intramolecular Hbond substituents is 1. The zero-order chi connectivity index (χ0) is 14.0. The van der Waals surface area contributed by atoms with Gasteiger partial charge >= 0.3 is 0 Å². The summed E-state index contributed by atoms with van der Waals surface area (Å²) < 4.78 is 0. The highest BCUT2D eigenvalue weighted by molar-refractivity contribution is 5.38. The van der Waals surface area contributed by atoms with Crippen molar-refractivity contribution >= 4 is 0 Å². The molecule has 2 heteroatoms. The van der Waals surface area contributed by atoms with E-state index in [-0.39, 0.29) is 11.5 Å². The first-order chi connectivity index (χ1) is 8.85. The summed E-state index contributed by atoms with van der Waals surface area (Å²) in [5, 5.41) is 10.0. The van der Waals surface area contributed by atoms with Crippen molar-refractivity contribution < 1.29 is 5.11 Å². The lowest BCUT2D eigenvalue weighted by Gasteiger charge is -2.28. The highest BCUT2D eigenvalue weighted by Crippen LogP contribution is 2.36. The minimum atomic E-state index is -0.0229. The van der Waals surface area contributed by atoms with E-state index >= 15 is 0 Å². The molecule has 0 heterocycles. The second-order valence-electron chi connectivity index (χ2n) is 7.27. The van der Waals surface area contributed by atoms with Crippen LogP contribution in [-0.2, 0) is 6.42 Å². The minimum Gasteiger partial charge on any atom is -0.508 e. The number of rotatable bonds is 4. The second-order valence-corrected chi connectivity index (χ2v) is 7.27. The van der Waals surface area contributed by atoms with E-state index in [1.165, 1.54) is 24.8 Å². The number of benzene rings is 1. The Morgan fingerprint density at radius 2 is 2.00 bits per heavy atom. The Hall–Kier alpha value is -1.02. The van der Waals surface area contributed by atoms with Gasteiger partial charge in [0.05, 0.1) is 0 Å². The summed E-state index contributed by atoms with van der Waals surface area (Å²) in [6.07, 6.45) is 5.96. The summed E-state index contributed by atoms with van der Waals surface area (Å²) in [5.41, 5.74) is 8.73. The second kappa shape index (κ2) is 5.54. The molecule has 2 rings (SSSR count). The lowest BCUT2D eigenvalue weighted by atomic mass is 9.79. The molecule has 3 N–H and O–H groups in total. The molecule has 0 aliphatic heterocycles. The van der Waals surface area contributed by atoms with Gasteiger partial charge in [-0.1, -0.05) is 52.2 Å². The van der Waals surface area contributed by atoms with E-state index in [2.05, 4.69) is 26.8 Å². The van der Waals surface area contributed by atoms with Crippen molar-refractivity contribution in [1.82, 2.24) is 0 Å². The zero-order valence-electron chi connectivity index (χ0n) is 12.4. The van der Waals surface area contributed by atoms with Crippen LogP contribution in [0.3, 0.4) is 0 Å². The van der Waals surface area contributed by atoms with Crippen molar-refractivity contribution in [2.75, 3.05) is 0 Å². The fourth-order valence-electron chi connectivity index (χ4n) is 2.84. The summed E-state index contributed by atoms with van der Waals surface area (Å²) in [6.45, 7) is 6.69. The van der Waals surface area contributed by atoms with Crippen LogP contribution in [0.5, 0.6) is 5.75 Å². The lowest BCUT2D eigenvalue weighted by molar-refractivity contribution is 0.275. The van der Waals surface area contributed by atoms with E-state index in [1.807, 2.05) is 6.07 Å². The van der Waals surface area contributed by atoms with Crippen LogP contribution in [0.4, 0.5) is 0 Å². The molecular formula is C17H27NO. The van der Waals surface area contributed by atoms with Gasteiger partial charge in [0, 0.05) is 11.6 Å². The Balaban J connectivity index is 2.11. The van der Waals surface area contributed by atoms with Crippen molar-refractivity contribution in [1.29, 1.82) is 0 Å². The molecular weight excluding hydrogens is 234 g/mol. The molecule has 0 saturated heterocycles. The van der Waals surface area contributed by atoms with E-state index < -0.39 is 0 Å². The van der Waals surface area contributed by atoms with Crippen LogP contribution in [-0.4, -0.2) is 5.11 Å². The molecule has 1 saturated carbocycles. The standard InChI is InChI=1S/C17H27NO/c1-17(2,3)11-13-7-8-16(19)14(9-13)15(18)10-12-5-4-6-12/h7-9,12,15,19H,4-6,10-11,18H2,1-3H3. The molecule has 106 valence electrons. The van der Waals surface area contributed by atoms with Gasteiger partial charge in [-0.15, -0.1) is 0 Å². The van der Waals surface area contributed by atoms with Crippen LogP contribution in [0, 0.1) is 11.3 Å². The first-order valence-electron chi connectivity index (χ1n) is 7.42. The number of hydrogen-bond donors (Lipinski definition) is 2. The topological polar surface area (TPSA) is 46.2 Å². The molecule has 1 atom stereocenters. The van der Waals surface area contributed by atoms with Crippen LogP contribution in [0.2, 0.25) is 0 Å². The monoisotopic (exact) mass is 261 g/mol. The first kappa shape index (κ1) is 14.4. The van der Waals surface area contributed by atoms with E-state index in [1.54, 1.807) is 6.07 Å². The number of hydrogen-bond acceptors (Lipinski definition) is 2. The Kier molecular flexibility index (Phi) is 4.19. The van der Waals surface area contributed by atoms with Crippen molar-refractivity contribution in [3.8, 4) is 5.75 Å². The largest absolute Gasteiger partial charge is 0.508 e. The summed E-state index contributed by atoms with van der Waals surface area (Å²) in [7, 11) is 0. The fourth-order valence-corrected chi connectivity index (χ4v) is 2.84. The Morgan fingerprint density at radius 3 is 2.53 bits per heavy atom. The number of aromatic hydroxyl groups is 1. The van der Waals surface area contributed by atoms with E-state index in [0.717, 1.165) is 24.3 Å². The predicted molar refractivity (Wildman–Crippen MR) is 80.2 cm³/mol. The van der Waals surface area contributed by atoms with Gasteiger partial charge in [0.25, 0.3) is 0 Å². The number of nitrogens with two attached hydrogens (primary N) is 1. The van der Waals surface area contributed by atoms with E-state index in [9.17, 15) is 5.11 Å². The highest BCUT2D eigenvalue weighted by atomic mass is 16.3. The Bertz CT molecular complexity index is 429. The smallest absolute Gasteiger partial charge is 0.120 e. The molecule has 1 aromatic rings. The van der Waals surface area contributed by atoms with Gasteiger partial charge in [-0.2, -0.15) is 0 Å². The molecule has 19 heavy (non-hydrogen) atoms. The quantitative estimate of drug-likeness (QED) is 0.854.